The molecule has 0 aliphatic heterocycles. The van der Waals surface area contributed by atoms with E-state index >= 15 is 0 Å². The van der Waals surface area contributed by atoms with Crippen molar-refractivity contribution in [3.05, 3.63) is 76.7 Å². The molecule has 0 spiro atoms. The van der Waals surface area contributed by atoms with Crippen molar-refractivity contribution in [2.75, 3.05) is 7.05 Å². The van der Waals surface area contributed by atoms with Gasteiger partial charge in [-0.05, 0) is 30.8 Å². The van der Waals surface area contributed by atoms with E-state index in [-0.39, 0.29) is 11.9 Å². The zero-order valence-corrected chi connectivity index (χ0v) is 12.2. The van der Waals surface area contributed by atoms with E-state index in [0.29, 0.717) is 10.6 Å². The van der Waals surface area contributed by atoms with E-state index in [1.54, 1.807) is 25.4 Å². The first kappa shape index (κ1) is 14.0. The Balaban J connectivity index is 2.24. The van der Waals surface area contributed by atoms with Crippen LogP contribution in [0.3, 0.4) is 0 Å². The molecule has 0 aliphatic carbocycles. The van der Waals surface area contributed by atoms with Gasteiger partial charge < -0.3 is 5.32 Å². The first-order chi connectivity index (χ1) is 10.2. The van der Waals surface area contributed by atoms with Crippen molar-refractivity contribution in [3.63, 3.8) is 0 Å². The summed E-state index contributed by atoms with van der Waals surface area (Å²) in [5, 5.41) is 4.57. The molecule has 0 saturated carbocycles. The average Bonchev–Trinajstić information content (AvgIpc) is 2.51. The second-order valence-corrected chi connectivity index (χ2v) is 5.19. The van der Waals surface area contributed by atoms with E-state index in [4.69, 9.17) is 11.6 Å². The predicted octanol–water partition coefficient (Wildman–Crippen LogP) is 4.34. The van der Waals surface area contributed by atoms with Crippen molar-refractivity contribution in [1.29, 1.82) is 0 Å². The van der Waals surface area contributed by atoms with Crippen LogP contribution in [0.1, 0.15) is 17.2 Å². The number of benzene rings is 2. The average molecular weight is 301 g/mol. The Hall–Kier alpha value is -1.97. The molecule has 1 atom stereocenters. The van der Waals surface area contributed by atoms with E-state index in [2.05, 4.69) is 10.3 Å². The number of aromatic nitrogens is 1. The molecule has 1 heterocycles. The quantitative estimate of drug-likeness (QED) is 0.778. The third-order valence-electron chi connectivity index (χ3n) is 3.55. The summed E-state index contributed by atoms with van der Waals surface area (Å²) in [4.78, 5) is 4.43. The van der Waals surface area contributed by atoms with Crippen LogP contribution in [0.25, 0.3) is 10.9 Å². The van der Waals surface area contributed by atoms with Crippen LogP contribution >= 0.6 is 11.6 Å². The molecule has 1 N–H and O–H groups in total. The summed E-state index contributed by atoms with van der Waals surface area (Å²) in [5.74, 6) is -0.324. The molecule has 2 aromatic carbocycles. The van der Waals surface area contributed by atoms with Gasteiger partial charge in [-0.3, -0.25) is 4.98 Å². The maximum absolute atomic E-state index is 14.2. The number of nitrogens with zero attached hydrogens (tertiary/aromatic N) is 1. The zero-order chi connectivity index (χ0) is 14.8. The number of fused-ring (bicyclic) bond motifs is 1. The number of hydrogen-bond donors (Lipinski definition) is 1. The van der Waals surface area contributed by atoms with E-state index in [9.17, 15) is 4.39 Å². The highest BCUT2D eigenvalue weighted by molar-refractivity contribution is 6.31. The molecule has 2 nitrogen and oxygen atoms in total. The second kappa shape index (κ2) is 5.80. The van der Waals surface area contributed by atoms with Gasteiger partial charge in [0, 0.05) is 22.2 Å². The lowest BCUT2D eigenvalue weighted by atomic mass is 9.96. The minimum atomic E-state index is -0.350. The lowest BCUT2D eigenvalue weighted by Crippen LogP contribution is -2.20. The molecule has 0 bridgehead atoms. The molecule has 4 heteroatoms. The first-order valence-corrected chi connectivity index (χ1v) is 7.05. The van der Waals surface area contributed by atoms with Crippen molar-refractivity contribution in [2.45, 2.75) is 6.04 Å². The lowest BCUT2D eigenvalue weighted by molar-refractivity contribution is 0.577. The van der Waals surface area contributed by atoms with Gasteiger partial charge in [-0.25, -0.2) is 4.39 Å². The highest BCUT2D eigenvalue weighted by Gasteiger charge is 2.21. The predicted molar refractivity (Wildman–Crippen MR) is 84.1 cm³/mol. The lowest BCUT2D eigenvalue weighted by Gasteiger charge is -2.20. The third kappa shape index (κ3) is 2.50. The maximum Gasteiger partial charge on any atom is 0.129 e. The Labute approximate surface area is 127 Å². The van der Waals surface area contributed by atoms with Gasteiger partial charge in [0.15, 0.2) is 0 Å². The summed E-state index contributed by atoms with van der Waals surface area (Å²) in [7, 11) is 1.79. The highest BCUT2D eigenvalue weighted by atomic mass is 35.5. The van der Waals surface area contributed by atoms with Crippen LogP contribution in [0.4, 0.5) is 4.39 Å². The summed E-state index contributed by atoms with van der Waals surface area (Å²) < 4.78 is 14.2. The normalized spacial score (nSPS) is 12.5. The number of nitrogens with one attached hydrogen (secondary N) is 1. The monoisotopic (exact) mass is 300 g/mol. The highest BCUT2D eigenvalue weighted by Crippen LogP contribution is 2.33. The molecular weight excluding hydrogens is 287 g/mol. The summed E-state index contributed by atoms with van der Waals surface area (Å²) >= 11 is 6.20. The zero-order valence-electron chi connectivity index (χ0n) is 11.5. The molecule has 1 aromatic heterocycles. The topological polar surface area (TPSA) is 24.9 Å². The number of rotatable bonds is 3. The van der Waals surface area contributed by atoms with Crippen molar-refractivity contribution in [1.82, 2.24) is 10.3 Å². The van der Waals surface area contributed by atoms with Crippen LogP contribution in [0, 0.1) is 5.82 Å². The third-order valence-corrected chi connectivity index (χ3v) is 3.88. The van der Waals surface area contributed by atoms with Crippen molar-refractivity contribution in [3.8, 4) is 0 Å². The fraction of sp³-hybridized carbons (Fsp3) is 0.118. The van der Waals surface area contributed by atoms with Gasteiger partial charge in [-0.2, -0.15) is 0 Å². The van der Waals surface area contributed by atoms with Crippen LogP contribution in [0.15, 0.2) is 54.7 Å². The number of hydrogen-bond acceptors (Lipinski definition) is 2. The van der Waals surface area contributed by atoms with Gasteiger partial charge >= 0.3 is 0 Å². The van der Waals surface area contributed by atoms with Gasteiger partial charge in [0.2, 0.25) is 0 Å². The summed E-state index contributed by atoms with van der Waals surface area (Å²) in [6.07, 6.45) is 1.74. The molecule has 21 heavy (non-hydrogen) atoms. The molecule has 0 amide bonds. The molecule has 1 unspecified atom stereocenters. The standard InChI is InChI=1S/C17H14ClFN2/c1-20-17(15-13(18)8-3-9-14(15)19)12-7-2-5-11-6-4-10-21-16(11)12/h2-10,17,20H,1H3. The largest absolute Gasteiger partial charge is 0.309 e. The van der Waals surface area contributed by atoms with Crippen LogP contribution in [-0.4, -0.2) is 12.0 Å². The summed E-state index contributed by atoms with van der Waals surface area (Å²) in [6, 6.07) is 14.1. The Morgan fingerprint density at radius 2 is 1.86 bits per heavy atom. The molecular formula is C17H14ClFN2. The molecule has 0 saturated heterocycles. The SMILES string of the molecule is CNC(c1c(F)cccc1Cl)c1cccc2cccnc12. The van der Waals surface area contributed by atoms with Gasteiger partial charge in [0.25, 0.3) is 0 Å². The second-order valence-electron chi connectivity index (χ2n) is 4.78. The van der Waals surface area contributed by atoms with Gasteiger partial charge in [0.1, 0.15) is 5.82 Å². The van der Waals surface area contributed by atoms with E-state index in [1.807, 2.05) is 30.3 Å². The molecule has 3 rings (SSSR count). The fourth-order valence-corrected chi connectivity index (χ4v) is 2.87. The molecule has 106 valence electrons. The van der Waals surface area contributed by atoms with Crippen molar-refractivity contribution in [2.24, 2.45) is 0 Å². The Kier molecular flexibility index (Phi) is 3.86. The first-order valence-electron chi connectivity index (χ1n) is 6.67. The Bertz CT molecular complexity index is 763. The van der Waals surface area contributed by atoms with Crippen LogP contribution in [0.2, 0.25) is 5.02 Å². The maximum atomic E-state index is 14.2. The smallest absolute Gasteiger partial charge is 0.129 e. The Morgan fingerprint density at radius 1 is 1.10 bits per heavy atom. The van der Waals surface area contributed by atoms with Gasteiger partial charge in [-0.1, -0.05) is 41.9 Å². The number of halogens is 2. The molecule has 0 radical (unpaired) electrons. The van der Waals surface area contributed by atoms with E-state index in [1.165, 1.54) is 6.07 Å². The van der Waals surface area contributed by atoms with Crippen LogP contribution in [0.5, 0.6) is 0 Å². The molecule has 3 aromatic rings. The summed E-state index contributed by atoms with van der Waals surface area (Å²) in [6.45, 7) is 0. The van der Waals surface area contributed by atoms with Gasteiger partial charge in [-0.15, -0.1) is 0 Å². The molecule has 0 fully saturated rings. The van der Waals surface area contributed by atoms with Crippen molar-refractivity contribution < 1.29 is 4.39 Å². The minimum absolute atomic E-state index is 0.324. The minimum Gasteiger partial charge on any atom is -0.309 e. The van der Waals surface area contributed by atoms with Gasteiger partial charge in [0.05, 0.1) is 11.6 Å². The van der Waals surface area contributed by atoms with E-state index in [0.717, 1.165) is 16.5 Å². The fourth-order valence-electron chi connectivity index (χ4n) is 2.60. The molecule has 0 aliphatic rings. The summed E-state index contributed by atoms with van der Waals surface area (Å²) in [5.41, 5.74) is 2.20. The Morgan fingerprint density at radius 3 is 2.62 bits per heavy atom. The van der Waals surface area contributed by atoms with Crippen LogP contribution < -0.4 is 5.32 Å². The number of pyridine rings is 1. The number of para-hydroxylation sites is 1. The van der Waals surface area contributed by atoms with E-state index < -0.39 is 0 Å². The van der Waals surface area contributed by atoms with Crippen molar-refractivity contribution >= 4 is 22.5 Å². The van der Waals surface area contributed by atoms with Crippen LogP contribution in [-0.2, 0) is 0 Å².